The number of amides is 1. The Bertz CT molecular complexity index is 828. The van der Waals surface area contributed by atoms with E-state index in [2.05, 4.69) is 22.5 Å². The predicted molar refractivity (Wildman–Crippen MR) is 86.4 cm³/mol. The average Bonchev–Trinajstić information content (AvgIpc) is 3.15. The Balaban J connectivity index is 1.84. The van der Waals surface area contributed by atoms with Gasteiger partial charge in [0.1, 0.15) is 5.76 Å². The van der Waals surface area contributed by atoms with Crippen LogP contribution < -0.4 is 0 Å². The fourth-order valence-electron chi connectivity index (χ4n) is 2.47. The van der Waals surface area contributed by atoms with Crippen LogP contribution in [0.2, 0.25) is 0 Å². The van der Waals surface area contributed by atoms with Gasteiger partial charge in [0.15, 0.2) is 10.7 Å². The van der Waals surface area contributed by atoms with Crippen LogP contribution in [0.1, 0.15) is 39.5 Å². The molecule has 0 aromatic carbocycles. The van der Waals surface area contributed by atoms with Gasteiger partial charge in [0.25, 0.3) is 5.91 Å². The summed E-state index contributed by atoms with van der Waals surface area (Å²) in [7, 11) is 1.79. The van der Waals surface area contributed by atoms with Crippen LogP contribution in [0.3, 0.4) is 0 Å². The molecule has 0 fully saturated rings. The van der Waals surface area contributed by atoms with E-state index in [4.69, 9.17) is 4.42 Å². The van der Waals surface area contributed by atoms with Crippen molar-refractivity contribution in [3.8, 4) is 0 Å². The maximum atomic E-state index is 12.5. The van der Waals surface area contributed by atoms with Gasteiger partial charge in [-0.15, -0.1) is 11.3 Å². The minimum absolute atomic E-state index is 0.110. The minimum Gasteiger partial charge on any atom is -0.456 e. The van der Waals surface area contributed by atoms with Crippen molar-refractivity contribution in [3.05, 3.63) is 46.1 Å². The summed E-state index contributed by atoms with van der Waals surface area (Å²) in [5.41, 5.74) is 2.00. The van der Waals surface area contributed by atoms with Gasteiger partial charge < -0.3 is 9.32 Å². The molecule has 22 heavy (non-hydrogen) atoms. The topological polar surface area (TPSA) is 50.8 Å². The summed E-state index contributed by atoms with van der Waals surface area (Å²) in [5.74, 6) is 1.10. The average molecular weight is 317 g/mol. The summed E-state index contributed by atoms with van der Waals surface area (Å²) < 4.78 is 7.61. The smallest absolute Gasteiger partial charge is 0.289 e. The molecule has 3 aromatic heterocycles. The number of nitrogens with zero attached hydrogens (tertiary/aromatic N) is 3. The van der Waals surface area contributed by atoms with Crippen LogP contribution in [0, 0.1) is 13.8 Å². The van der Waals surface area contributed by atoms with Crippen molar-refractivity contribution in [2.24, 2.45) is 0 Å². The van der Waals surface area contributed by atoms with Gasteiger partial charge in [0.05, 0.1) is 17.9 Å². The van der Waals surface area contributed by atoms with Crippen molar-refractivity contribution in [1.82, 2.24) is 14.3 Å². The summed E-state index contributed by atoms with van der Waals surface area (Å²) in [6.45, 7) is 6.54. The lowest BCUT2D eigenvalue weighted by Crippen LogP contribution is -2.26. The molecule has 0 atom stereocenters. The van der Waals surface area contributed by atoms with Crippen molar-refractivity contribution in [2.45, 2.75) is 33.7 Å². The van der Waals surface area contributed by atoms with Crippen molar-refractivity contribution in [2.75, 3.05) is 7.05 Å². The van der Waals surface area contributed by atoms with E-state index in [9.17, 15) is 4.79 Å². The maximum Gasteiger partial charge on any atom is 0.289 e. The normalized spacial score (nSPS) is 11.3. The maximum absolute atomic E-state index is 12.5. The van der Waals surface area contributed by atoms with Crippen LogP contribution in [0.25, 0.3) is 4.96 Å². The number of aromatic nitrogens is 2. The van der Waals surface area contributed by atoms with Crippen molar-refractivity contribution in [1.29, 1.82) is 0 Å². The number of hydrogen-bond donors (Lipinski definition) is 0. The summed E-state index contributed by atoms with van der Waals surface area (Å²) >= 11 is 1.66. The molecule has 3 aromatic rings. The van der Waals surface area contributed by atoms with Crippen LogP contribution >= 0.6 is 11.3 Å². The number of rotatable bonds is 4. The highest BCUT2D eigenvalue weighted by Gasteiger charge is 2.19. The summed E-state index contributed by atoms with van der Waals surface area (Å²) in [6, 6.07) is 3.59. The first-order valence-electron chi connectivity index (χ1n) is 7.27. The van der Waals surface area contributed by atoms with E-state index in [0.717, 1.165) is 28.5 Å². The highest BCUT2D eigenvalue weighted by atomic mass is 32.1. The second-order valence-corrected chi connectivity index (χ2v) is 6.63. The van der Waals surface area contributed by atoms with E-state index < -0.39 is 0 Å². The molecule has 0 bridgehead atoms. The van der Waals surface area contributed by atoms with Gasteiger partial charge in [0, 0.05) is 24.5 Å². The van der Waals surface area contributed by atoms with Crippen LogP contribution in [-0.4, -0.2) is 27.2 Å². The fourth-order valence-corrected chi connectivity index (χ4v) is 3.36. The zero-order chi connectivity index (χ0) is 15.9. The van der Waals surface area contributed by atoms with Gasteiger partial charge in [-0.3, -0.25) is 9.20 Å². The Morgan fingerprint density at radius 2 is 2.18 bits per heavy atom. The molecule has 5 nitrogen and oxygen atoms in total. The molecule has 0 spiro atoms. The second-order valence-electron chi connectivity index (χ2n) is 5.42. The first-order valence-corrected chi connectivity index (χ1v) is 8.09. The number of hydrogen-bond acceptors (Lipinski definition) is 4. The first-order chi connectivity index (χ1) is 10.5. The number of fused-ring (bicyclic) bond motifs is 1. The highest BCUT2D eigenvalue weighted by Crippen LogP contribution is 2.22. The molecule has 3 rings (SSSR count). The fraction of sp³-hybridized carbons (Fsp3) is 0.375. The van der Waals surface area contributed by atoms with Crippen LogP contribution in [0.4, 0.5) is 0 Å². The van der Waals surface area contributed by atoms with Crippen LogP contribution in [0.15, 0.2) is 22.7 Å². The van der Waals surface area contributed by atoms with Crippen molar-refractivity contribution < 1.29 is 9.21 Å². The second kappa shape index (κ2) is 5.61. The number of carbonyl (C=O) groups excluding carboxylic acids is 1. The molecule has 116 valence electrons. The lowest BCUT2D eigenvalue weighted by Gasteiger charge is -2.15. The van der Waals surface area contributed by atoms with E-state index in [0.29, 0.717) is 12.3 Å². The monoisotopic (exact) mass is 317 g/mol. The van der Waals surface area contributed by atoms with E-state index >= 15 is 0 Å². The number of carbonyl (C=O) groups is 1. The predicted octanol–water partition coefficient (Wildman–Crippen LogP) is 3.44. The van der Waals surface area contributed by atoms with Gasteiger partial charge in [-0.25, -0.2) is 4.98 Å². The Hall–Kier alpha value is -2.08. The zero-order valence-corrected chi connectivity index (χ0v) is 14.0. The Labute approximate surface area is 133 Å². The number of thiazole rings is 1. The molecule has 6 heteroatoms. The zero-order valence-electron chi connectivity index (χ0n) is 13.2. The molecular weight excluding hydrogens is 298 g/mol. The molecule has 0 aliphatic carbocycles. The van der Waals surface area contributed by atoms with E-state index in [1.54, 1.807) is 29.4 Å². The first kappa shape index (κ1) is 14.8. The summed E-state index contributed by atoms with van der Waals surface area (Å²) in [6.07, 6.45) is 2.85. The highest BCUT2D eigenvalue weighted by molar-refractivity contribution is 7.17. The Morgan fingerprint density at radius 1 is 1.41 bits per heavy atom. The largest absolute Gasteiger partial charge is 0.456 e. The van der Waals surface area contributed by atoms with E-state index in [-0.39, 0.29) is 5.91 Å². The van der Waals surface area contributed by atoms with Gasteiger partial charge in [0.2, 0.25) is 0 Å². The van der Waals surface area contributed by atoms with Crippen molar-refractivity contribution >= 4 is 22.2 Å². The lowest BCUT2D eigenvalue weighted by molar-refractivity contribution is 0.0749. The molecule has 0 radical (unpaired) electrons. The molecule has 0 saturated heterocycles. The third kappa shape index (κ3) is 2.54. The molecule has 0 N–H and O–H groups in total. The van der Waals surface area contributed by atoms with Gasteiger partial charge in [-0.2, -0.15) is 0 Å². The number of furan rings is 1. The third-order valence-electron chi connectivity index (χ3n) is 3.70. The lowest BCUT2D eigenvalue weighted by atomic mass is 10.3. The molecule has 0 unspecified atom stereocenters. The quantitative estimate of drug-likeness (QED) is 0.740. The van der Waals surface area contributed by atoms with Gasteiger partial charge in [-0.1, -0.05) is 6.92 Å². The Kier molecular flexibility index (Phi) is 3.78. The third-order valence-corrected chi connectivity index (χ3v) is 4.59. The van der Waals surface area contributed by atoms with Crippen LogP contribution in [0.5, 0.6) is 0 Å². The van der Waals surface area contributed by atoms with Gasteiger partial charge in [-0.05, 0) is 26.0 Å². The summed E-state index contributed by atoms with van der Waals surface area (Å²) in [5, 5.41) is 0. The molecule has 3 heterocycles. The number of imidazole rings is 1. The van der Waals surface area contributed by atoms with E-state index in [1.807, 2.05) is 19.9 Å². The standard InChI is InChI=1S/C16H19N3O2S/c1-5-12-6-7-14(21-12)15(20)18(4)9-13-11(3)17-16-19(13)8-10(2)22-16/h6-8H,5,9H2,1-4H3. The van der Waals surface area contributed by atoms with Crippen LogP contribution in [-0.2, 0) is 13.0 Å². The minimum atomic E-state index is -0.110. The van der Waals surface area contributed by atoms with Gasteiger partial charge >= 0.3 is 0 Å². The van der Waals surface area contributed by atoms with E-state index in [1.165, 1.54) is 4.88 Å². The number of aryl methyl sites for hydroxylation is 3. The molecule has 0 aliphatic heterocycles. The Morgan fingerprint density at radius 3 is 2.86 bits per heavy atom. The molecule has 0 saturated carbocycles. The molecule has 1 amide bonds. The molecular formula is C16H19N3O2S. The van der Waals surface area contributed by atoms with Crippen molar-refractivity contribution in [3.63, 3.8) is 0 Å². The molecule has 0 aliphatic rings. The summed E-state index contributed by atoms with van der Waals surface area (Å²) in [4.78, 5) is 20.9. The SMILES string of the molecule is CCc1ccc(C(=O)N(C)Cc2c(C)nc3sc(C)cn23)o1.